The van der Waals surface area contributed by atoms with Crippen molar-refractivity contribution in [2.75, 3.05) is 11.4 Å². The normalized spacial score (nSPS) is 16.6. The van der Waals surface area contributed by atoms with Crippen LogP contribution in [-0.2, 0) is 11.3 Å². The second-order valence-corrected chi connectivity index (χ2v) is 5.92. The number of benzene rings is 1. The van der Waals surface area contributed by atoms with Gasteiger partial charge < -0.3 is 10.5 Å². The molecule has 3 heterocycles. The lowest BCUT2D eigenvalue weighted by Gasteiger charge is -2.14. The molecule has 0 spiro atoms. The van der Waals surface area contributed by atoms with Crippen LogP contribution in [0.15, 0.2) is 43.0 Å². The molecule has 11 heteroatoms. The van der Waals surface area contributed by atoms with E-state index in [1.165, 1.54) is 40.3 Å². The van der Waals surface area contributed by atoms with Crippen LogP contribution in [0.2, 0.25) is 0 Å². The molecule has 0 bridgehead atoms. The maximum Gasteiger partial charge on any atom is 0.414 e. The highest BCUT2D eigenvalue weighted by molar-refractivity contribution is 5.92. The molecular weight excluding hydrogens is 357 g/mol. The topological polar surface area (TPSA) is 121 Å². The summed E-state index contributed by atoms with van der Waals surface area (Å²) in [5.41, 5.74) is 5.81. The number of nitrogens with zero attached hydrogens (tertiary/aromatic N) is 6. The van der Waals surface area contributed by atoms with Gasteiger partial charge >= 0.3 is 6.09 Å². The van der Waals surface area contributed by atoms with Gasteiger partial charge in [0.05, 0.1) is 36.7 Å². The first-order chi connectivity index (χ1) is 13.0. The van der Waals surface area contributed by atoms with Crippen LogP contribution in [0.5, 0.6) is 0 Å². The minimum Gasteiger partial charge on any atom is -0.442 e. The van der Waals surface area contributed by atoms with E-state index in [4.69, 9.17) is 10.5 Å². The average Bonchev–Trinajstić information content (AvgIpc) is 3.36. The van der Waals surface area contributed by atoms with Gasteiger partial charge in [0.1, 0.15) is 11.8 Å². The highest BCUT2D eigenvalue weighted by atomic mass is 19.1. The lowest BCUT2D eigenvalue weighted by Crippen LogP contribution is -2.26. The van der Waals surface area contributed by atoms with Crippen LogP contribution in [0.1, 0.15) is 10.4 Å². The van der Waals surface area contributed by atoms with Gasteiger partial charge in [-0.25, -0.2) is 18.5 Å². The SMILES string of the molecule is NC(=O)c1cnn(-c2ccc(N3C[C@H](Cn4ccnn4)OC3=O)cc2F)c1. The predicted molar refractivity (Wildman–Crippen MR) is 89.7 cm³/mol. The Balaban J connectivity index is 1.53. The van der Waals surface area contributed by atoms with Crippen molar-refractivity contribution in [3.63, 3.8) is 0 Å². The maximum absolute atomic E-state index is 14.6. The number of cyclic esters (lactones) is 1. The first kappa shape index (κ1) is 16.7. The molecule has 1 aliphatic rings. The molecule has 1 atom stereocenters. The van der Waals surface area contributed by atoms with E-state index in [0.717, 1.165) is 0 Å². The molecule has 4 rings (SSSR count). The Morgan fingerprint density at radius 3 is 2.93 bits per heavy atom. The number of carbonyl (C=O) groups is 2. The summed E-state index contributed by atoms with van der Waals surface area (Å²) in [7, 11) is 0. The van der Waals surface area contributed by atoms with Gasteiger partial charge in [-0.1, -0.05) is 5.21 Å². The highest BCUT2D eigenvalue weighted by Gasteiger charge is 2.33. The van der Waals surface area contributed by atoms with Gasteiger partial charge in [-0.3, -0.25) is 9.69 Å². The van der Waals surface area contributed by atoms with Crippen molar-refractivity contribution in [3.05, 3.63) is 54.4 Å². The number of ether oxygens (including phenoxy) is 1. The van der Waals surface area contributed by atoms with Crippen molar-refractivity contribution >= 4 is 17.7 Å². The number of hydrogen-bond acceptors (Lipinski definition) is 6. The Morgan fingerprint density at radius 1 is 1.41 bits per heavy atom. The third kappa shape index (κ3) is 3.21. The lowest BCUT2D eigenvalue weighted by molar-refractivity contribution is 0.1000. The van der Waals surface area contributed by atoms with Crippen LogP contribution in [-0.4, -0.2) is 49.4 Å². The first-order valence-corrected chi connectivity index (χ1v) is 7.98. The Labute approximate surface area is 151 Å². The summed E-state index contributed by atoms with van der Waals surface area (Å²) in [5.74, 6) is -1.27. The summed E-state index contributed by atoms with van der Waals surface area (Å²) in [6.45, 7) is 0.608. The third-order valence-corrected chi connectivity index (χ3v) is 4.09. The molecule has 3 aromatic rings. The average molecular weight is 371 g/mol. The van der Waals surface area contributed by atoms with Crippen molar-refractivity contribution in [1.82, 2.24) is 24.8 Å². The summed E-state index contributed by atoms with van der Waals surface area (Å²) < 4.78 is 22.6. The number of halogens is 1. The molecule has 138 valence electrons. The first-order valence-electron chi connectivity index (χ1n) is 7.98. The van der Waals surface area contributed by atoms with E-state index in [9.17, 15) is 14.0 Å². The van der Waals surface area contributed by atoms with Crippen LogP contribution in [0.25, 0.3) is 5.69 Å². The van der Waals surface area contributed by atoms with Gasteiger partial charge in [0.25, 0.3) is 5.91 Å². The molecule has 2 aromatic heterocycles. The fourth-order valence-corrected chi connectivity index (χ4v) is 2.80. The number of hydrogen-bond donors (Lipinski definition) is 1. The summed E-state index contributed by atoms with van der Waals surface area (Å²) >= 11 is 0. The number of rotatable bonds is 5. The largest absolute Gasteiger partial charge is 0.442 e. The summed E-state index contributed by atoms with van der Waals surface area (Å²) in [5, 5.41) is 11.4. The van der Waals surface area contributed by atoms with E-state index in [1.54, 1.807) is 16.9 Å². The molecule has 1 fully saturated rings. The summed E-state index contributed by atoms with van der Waals surface area (Å²) in [4.78, 5) is 24.6. The highest BCUT2D eigenvalue weighted by Crippen LogP contribution is 2.25. The summed E-state index contributed by atoms with van der Waals surface area (Å²) in [6, 6.07) is 4.24. The van der Waals surface area contributed by atoms with Crippen molar-refractivity contribution < 1.29 is 18.7 Å². The fraction of sp³-hybridized carbons (Fsp3) is 0.188. The van der Waals surface area contributed by atoms with Crippen LogP contribution < -0.4 is 10.6 Å². The van der Waals surface area contributed by atoms with Gasteiger partial charge in [0.2, 0.25) is 0 Å². The summed E-state index contributed by atoms with van der Waals surface area (Å²) in [6.07, 6.45) is 4.78. The molecule has 0 radical (unpaired) electrons. The van der Waals surface area contributed by atoms with Gasteiger partial charge in [0.15, 0.2) is 5.82 Å². The molecule has 1 aromatic carbocycles. The molecular formula is C16H14FN7O3. The molecule has 1 saturated heterocycles. The van der Waals surface area contributed by atoms with Crippen LogP contribution >= 0.6 is 0 Å². The van der Waals surface area contributed by atoms with Crippen molar-refractivity contribution in [3.8, 4) is 5.69 Å². The number of anilines is 1. The quantitative estimate of drug-likeness (QED) is 0.706. The zero-order valence-corrected chi connectivity index (χ0v) is 13.9. The number of primary amides is 1. The molecule has 27 heavy (non-hydrogen) atoms. The Bertz CT molecular complexity index is 1000. The Hall–Kier alpha value is -3.76. The van der Waals surface area contributed by atoms with Gasteiger partial charge in [-0.05, 0) is 18.2 Å². The van der Waals surface area contributed by atoms with E-state index in [-0.39, 0.29) is 17.8 Å². The number of nitrogens with two attached hydrogens (primary N) is 1. The minimum atomic E-state index is -0.656. The van der Waals surface area contributed by atoms with E-state index in [1.807, 2.05) is 0 Å². The standard InChI is InChI=1S/C16H14FN7O3/c17-13-5-11(1-2-14(13)24-7-10(6-20-24)15(18)25)23-9-12(27-16(23)26)8-22-4-3-19-21-22/h1-7,12H,8-9H2,(H2,18,25)/t12-/m0/s1. The van der Waals surface area contributed by atoms with E-state index >= 15 is 0 Å². The van der Waals surface area contributed by atoms with Crippen LogP contribution in [0.4, 0.5) is 14.9 Å². The Morgan fingerprint density at radius 2 is 2.26 bits per heavy atom. The van der Waals surface area contributed by atoms with Crippen molar-refractivity contribution in [2.24, 2.45) is 5.73 Å². The van der Waals surface area contributed by atoms with Crippen LogP contribution in [0, 0.1) is 5.82 Å². The molecule has 0 unspecified atom stereocenters. The minimum absolute atomic E-state index is 0.123. The second kappa shape index (κ2) is 6.52. The van der Waals surface area contributed by atoms with E-state index < -0.39 is 23.9 Å². The molecule has 0 saturated carbocycles. The maximum atomic E-state index is 14.6. The fourth-order valence-electron chi connectivity index (χ4n) is 2.80. The van der Waals surface area contributed by atoms with Crippen molar-refractivity contribution in [2.45, 2.75) is 12.6 Å². The van der Waals surface area contributed by atoms with Crippen LogP contribution in [0.3, 0.4) is 0 Å². The predicted octanol–water partition coefficient (Wildman–Crippen LogP) is 0.727. The Kier molecular flexibility index (Phi) is 4.03. The molecule has 10 nitrogen and oxygen atoms in total. The monoisotopic (exact) mass is 371 g/mol. The molecule has 1 aliphatic heterocycles. The van der Waals surface area contributed by atoms with Gasteiger partial charge in [0, 0.05) is 12.4 Å². The van der Waals surface area contributed by atoms with Gasteiger partial charge in [-0.15, -0.1) is 5.10 Å². The smallest absolute Gasteiger partial charge is 0.414 e. The lowest BCUT2D eigenvalue weighted by atomic mass is 10.2. The zero-order chi connectivity index (χ0) is 19.0. The molecule has 2 N–H and O–H groups in total. The number of aromatic nitrogens is 5. The number of carbonyl (C=O) groups excluding carboxylic acids is 2. The molecule has 0 aliphatic carbocycles. The van der Waals surface area contributed by atoms with Gasteiger partial charge in [-0.2, -0.15) is 5.10 Å². The molecule has 2 amide bonds. The number of amides is 2. The zero-order valence-electron chi connectivity index (χ0n) is 13.9. The van der Waals surface area contributed by atoms with Crippen molar-refractivity contribution in [1.29, 1.82) is 0 Å². The third-order valence-electron chi connectivity index (χ3n) is 4.09. The van der Waals surface area contributed by atoms with E-state index in [2.05, 4.69) is 15.4 Å². The second-order valence-electron chi connectivity index (χ2n) is 5.92. The van der Waals surface area contributed by atoms with E-state index in [0.29, 0.717) is 12.2 Å².